The molecule has 0 aromatic heterocycles. The number of nitrogens with zero attached hydrogens (tertiary/aromatic N) is 1. The minimum Gasteiger partial charge on any atom is -0.493 e. The summed E-state index contributed by atoms with van der Waals surface area (Å²) in [6, 6.07) is 12.1. The highest BCUT2D eigenvalue weighted by Gasteiger charge is 2.28. The van der Waals surface area contributed by atoms with Gasteiger partial charge < -0.3 is 19.5 Å². The van der Waals surface area contributed by atoms with Crippen LogP contribution in [0.3, 0.4) is 0 Å². The van der Waals surface area contributed by atoms with E-state index in [0.717, 1.165) is 0 Å². The number of alkyl halides is 3. The molecule has 0 spiro atoms. The van der Waals surface area contributed by atoms with Crippen molar-refractivity contribution in [2.45, 2.75) is 6.18 Å². The molecule has 0 saturated heterocycles. The lowest BCUT2D eigenvalue weighted by molar-refractivity contribution is -0.153. The molecule has 0 aliphatic carbocycles. The second-order valence-electron chi connectivity index (χ2n) is 5.21. The second-order valence-corrected chi connectivity index (χ2v) is 5.21. The Morgan fingerprint density at radius 3 is 2.52 bits per heavy atom. The quantitative estimate of drug-likeness (QED) is 0.795. The first kappa shape index (κ1) is 19.9. The van der Waals surface area contributed by atoms with Crippen LogP contribution in [0.25, 0.3) is 0 Å². The molecule has 0 fully saturated rings. The van der Waals surface area contributed by atoms with Crippen molar-refractivity contribution in [2.75, 3.05) is 25.6 Å². The van der Waals surface area contributed by atoms with Gasteiger partial charge in [-0.25, -0.2) is 0 Å². The van der Waals surface area contributed by atoms with Crippen molar-refractivity contribution in [3.63, 3.8) is 0 Å². The van der Waals surface area contributed by atoms with E-state index in [4.69, 9.17) is 19.5 Å². The monoisotopic (exact) mass is 380 g/mol. The van der Waals surface area contributed by atoms with Crippen LogP contribution < -0.4 is 19.5 Å². The number of amides is 1. The van der Waals surface area contributed by atoms with E-state index in [2.05, 4.69) is 5.32 Å². The standard InChI is InChI=1S/C18H15F3N2O4/c1-25-16-8-12(9-22)6-7-15(16)26-10-17(24)23-13-4-2-3-5-14(13)27-11-18(19,20)21/h2-8H,10-11H2,1H3,(H,23,24). The zero-order valence-corrected chi connectivity index (χ0v) is 14.2. The molecular formula is C18H15F3N2O4. The molecule has 9 heteroatoms. The number of nitrogens with one attached hydrogen (secondary N) is 1. The number of ether oxygens (including phenoxy) is 3. The summed E-state index contributed by atoms with van der Waals surface area (Å²) in [5.41, 5.74) is 0.446. The molecule has 27 heavy (non-hydrogen) atoms. The summed E-state index contributed by atoms with van der Waals surface area (Å²) in [6.07, 6.45) is -4.49. The number of anilines is 1. The van der Waals surface area contributed by atoms with Crippen LogP contribution in [0.2, 0.25) is 0 Å². The largest absolute Gasteiger partial charge is 0.493 e. The zero-order valence-electron chi connectivity index (χ0n) is 14.2. The molecule has 142 valence electrons. The van der Waals surface area contributed by atoms with Crippen molar-refractivity contribution in [1.82, 2.24) is 0 Å². The van der Waals surface area contributed by atoms with Gasteiger partial charge in [0, 0.05) is 6.07 Å². The Kier molecular flexibility index (Phi) is 6.49. The number of benzene rings is 2. The predicted octanol–water partition coefficient (Wildman–Crippen LogP) is 3.53. The van der Waals surface area contributed by atoms with Crippen molar-refractivity contribution in [2.24, 2.45) is 0 Å². The van der Waals surface area contributed by atoms with Crippen LogP contribution in [0.1, 0.15) is 5.56 Å². The van der Waals surface area contributed by atoms with E-state index in [1.54, 1.807) is 6.07 Å². The van der Waals surface area contributed by atoms with Gasteiger partial charge in [-0.1, -0.05) is 12.1 Å². The Morgan fingerprint density at radius 2 is 1.85 bits per heavy atom. The van der Waals surface area contributed by atoms with E-state index >= 15 is 0 Å². The Balaban J connectivity index is 2.00. The number of rotatable bonds is 7. The fourth-order valence-corrected chi connectivity index (χ4v) is 2.04. The maximum Gasteiger partial charge on any atom is 0.422 e. The third-order valence-electron chi connectivity index (χ3n) is 3.20. The second kappa shape index (κ2) is 8.80. The predicted molar refractivity (Wildman–Crippen MR) is 89.8 cm³/mol. The highest BCUT2D eigenvalue weighted by molar-refractivity contribution is 5.93. The number of halogens is 3. The Labute approximate surface area is 153 Å². The van der Waals surface area contributed by atoms with Gasteiger partial charge in [-0.2, -0.15) is 18.4 Å². The first-order valence-corrected chi connectivity index (χ1v) is 7.62. The number of hydrogen-bond acceptors (Lipinski definition) is 5. The molecule has 0 atom stereocenters. The van der Waals surface area contributed by atoms with E-state index in [0.29, 0.717) is 5.56 Å². The molecule has 0 unspecified atom stereocenters. The average molecular weight is 380 g/mol. The summed E-state index contributed by atoms with van der Waals surface area (Å²) in [7, 11) is 1.39. The number of para-hydroxylation sites is 2. The van der Waals surface area contributed by atoms with Gasteiger partial charge >= 0.3 is 6.18 Å². The van der Waals surface area contributed by atoms with E-state index < -0.39 is 25.3 Å². The topological polar surface area (TPSA) is 80.6 Å². The summed E-state index contributed by atoms with van der Waals surface area (Å²) in [4.78, 5) is 12.1. The number of nitriles is 1. The SMILES string of the molecule is COc1cc(C#N)ccc1OCC(=O)Nc1ccccc1OCC(F)(F)F. The zero-order chi connectivity index (χ0) is 19.9. The molecule has 0 saturated carbocycles. The molecule has 0 aliphatic heterocycles. The lowest BCUT2D eigenvalue weighted by atomic mass is 10.2. The van der Waals surface area contributed by atoms with Crippen molar-refractivity contribution in [3.8, 4) is 23.3 Å². The first-order valence-electron chi connectivity index (χ1n) is 7.62. The summed E-state index contributed by atoms with van der Waals surface area (Å²) in [6.45, 7) is -1.89. The summed E-state index contributed by atoms with van der Waals surface area (Å²) < 4.78 is 52.0. The lowest BCUT2D eigenvalue weighted by Gasteiger charge is -2.14. The molecule has 0 heterocycles. The average Bonchev–Trinajstić information content (AvgIpc) is 2.64. The fraction of sp³-hybridized carbons (Fsp3) is 0.222. The van der Waals surface area contributed by atoms with Crippen molar-refractivity contribution < 1.29 is 32.2 Å². The van der Waals surface area contributed by atoms with E-state index in [1.165, 1.54) is 43.5 Å². The number of carbonyl (C=O) groups is 1. The first-order chi connectivity index (χ1) is 12.8. The normalized spacial score (nSPS) is 10.6. The Bertz CT molecular complexity index is 847. The van der Waals surface area contributed by atoms with E-state index in [9.17, 15) is 18.0 Å². The highest BCUT2D eigenvalue weighted by atomic mass is 19.4. The van der Waals surface area contributed by atoms with Gasteiger partial charge in [-0.3, -0.25) is 4.79 Å². The van der Waals surface area contributed by atoms with Crippen LogP contribution >= 0.6 is 0 Å². The molecule has 0 aliphatic rings. The maximum absolute atomic E-state index is 12.3. The van der Waals surface area contributed by atoms with Crippen LogP contribution in [0, 0.1) is 11.3 Å². The molecular weight excluding hydrogens is 365 g/mol. The third kappa shape index (κ3) is 6.11. The van der Waals surface area contributed by atoms with Crippen LogP contribution in [-0.2, 0) is 4.79 Å². The number of carbonyl (C=O) groups excluding carboxylic acids is 1. The van der Waals surface area contributed by atoms with Crippen molar-refractivity contribution in [1.29, 1.82) is 5.26 Å². The molecule has 1 amide bonds. The van der Waals surface area contributed by atoms with Crippen molar-refractivity contribution >= 4 is 11.6 Å². The fourth-order valence-electron chi connectivity index (χ4n) is 2.04. The minimum atomic E-state index is -4.49. The van der Waals surface area contributed by atoms with E-state index in [1.807, 2.05) is 6.07 Å². The molecule has 1 N–H and O–H groups in total. The van der Waals surface area contributed by atoms with Gasteiger partial charge in [0.2, 0.25) is 0 Å². The van der Waals surface area contributed by atoms with Crippen LogP contribution in [0.4, 0.5) is 18.9 Å². The molecule has 6 nitrogen and oxygen atoms in total. The molecule has 2 aromatic rings. The van der Waals surface area contributed by atoms with Crippen LogP contribution in [-0.4, -0.2) is 32.4 Å². The molecule has 0 bridgehead atoms. The van der Waals surface area contributed by atoms with Crippen molar-refractivity contribution in [3.05, 3.63) is 48.0 Å². The molecule has 2 aromatic carbocycles. The Morgan fingerprint density at radius 1 is 1.11 bits per heavy atom. The molecule has 0 radical (unpaired) electrons. The van der Waals surface area contributed by atoms with Gasteiger partial charge in [-0.15, -0.1) is 0 Å². The molecule has 2 rings (SSSR count). The highest BCUT2D eigenvalue weighted by Crippen LogP contribution is 2.28. The van der Waals surface area contributed by atoms with Gasteiger partial charge in [0.1, 0.15) is 5.75 Å². The number of hydrogen-bond donors (Lipinski definition) is 1. The summed E-state index contributed by atoms with van der Waals surface area (Å²) >= 11 is 0. The smallest absolute Gasteiger partial charge is 0.422 e. The van der Waals surface area contributed by atoms with Crippen LogP contribution in [0.5, 0.6) is 17.2 Å². The lowest BCUT2D eigenvalue weighted by Crippen LogP contribution is -2.22. The third-order valence-corrected chi connectivity index (χ3v) is 3.20. The summed E-state index contributed by atoms with van der Waals surface area (Å²) in [5, 5.41) is 11.3. The minimum absolute atomic E-state index is 0.0853. The van der Waals surface area contributed by atoms with Gasteiger partial charge in [0.15, 0.2) is 24.7 Å². The van der Waals surface area contributed by atoms with Gasteiger partial charge in [0.05, 0.1) is 24.4 Å². The summed E-state index contributed by atoms with van der Waals surface area (Å²) in [5.74, 6) is -0.201. The maximum atomic E-state index is 12.3. The number of methoxy groups -OCH3 is 1. The Hall–Kier alpha value is -3.41. The van der Waals surface area contributed by atoms with Crippen LogP contribution in [0.15, 0.2) is 42.5 Å². The van der Waals surface area contributed by atoms with E-state index in [-0.39, 0.29) is 22.9 Å². The van der Waals surface area contributed by atoms with Gasteiger partial charge in [0.25, 0.3) is 5.91 Å². The van der Waals surface area contributed by atoms with Gasteiger partial charge in [-0.05, 0) is 24.3 Å².